The van der Waals surface area contributed by atoms with E-state index in [4.69, 9.17) is 4.74 Å². The fraction of sp³-hybridized carbons (Fsp3) is 0.536. The first-order chi connectivity index (χ1) is 17.9. The van der Waals surface area contributed by atoms with Crippen LogP contribution in [0.2, 0.25) is 0 Å². The molecule has 2 aromatic rings. The molecule has 0 radical (unpaired) electrons. The molecule has 0 saturated carbocycles. The zero-order valence-corrected chi connectivity index (χ0v) is 22.8. The molecule has 202 valence electrons. The molecule has 1 aromatic carbocycles. The quantitative estimate of drug-likeness (QED) is 0.276. The zero-order chi connectivity index (χ0) is 26.8. The minimum Gasteiger partial charge on any atom is -0.388 e. The molecule has 0 unspecified atom stereocenters. The fourth-order valence-corrected chi connectivity index (χ4v) is 4.57. The molecule has 1 aliphatic rings. The van der Waals surface area contributed by atoms with Crippen molar-refractivity contribution in [1.29, 1.82) is 0 Å². The standard InChI is InChI=1S/C28H42N6O3/c1-6-26(32-22-17-31-34(18-22)23-9-11-33(12-10-23)13-14-37-5)25(19-35)24-15-21(7-8-27(24)29-4)28(36)30-16-20(2)3/h7-8,15,17-20,23,29,32H,6,9-14,16H2,1-5H3,(H,30,36)/b26-25+. The van der Waals surface area contributed by atoms with Crippen LogP contribution in [-0.2, 0) is 9.53 Å². The van der Waals surface area contributed by atoms with E-state index in [1.54, 1.807) is 19.2 Å². The van der Waals surface area contributed by atoms with Gasteiger partial charge >= 0.3 is 0 Å². The van der Waals surface area contributed by atoms with Crippen LogP contribution >= 0.6 is 0 Å². The number of piperidine rings is 1. The van der Waals surface area contributed by atoms with Crippen molar-refractivity contribution < 1.29 is 14.3 Å². The largest absolute Gasteiger partial charge is 0.388 e. The molecule has 1 amide bonds. The lowest BCUT2D eigenvalue weighted by Gasteiger charge is -2.31. The highest BCUT2D eigenvalue weighted by molar-refractivity contribution is 6.12. The lowest BCUT2D eigenvalue weighted by molar-refractivity contribution is -0.103. The zero-order valence-electron chi connectivity index (χ0n) is 22.8. The number of carbonyl (C=O) groups is 2. The number of hydrogen-bond donors (Lipinski definition) is 3. The number of ether oxygens (including phenoxy) is 1. The van der Waals surface area contributed by atoms with Gasteiger partial charge in [0.05, 0.1) is 24.5 Å². The molecular formula is C28H42N6O3. The van der Waals surface area contributed by atoms with Gasteiger partial charge in [-0.2, -0.15) is 5.10 Å². The van der Waals surface area contributed by atoms with Crippen LogP contribution in [0.3, 0.4) is 0 Å². The van der Waals surface area contributed by atoms with E-state index in [-0.39, 0.29) is 5.91 Å². The van der Waals surface area contributed by atoms with Gasteiger partial charge in [-0.15, -0.1) is 0 Å². The summed E-state index contributed by atoms with van der Waals surface area (Å²) in [7, 11) is 3.55. The predicted octanol–water partition coefficient (Wildman–Crippen LogP) is 4.03. The smallest absolute Gasteiger partial charge is 0.251 e. The number of aldehydes is 1. The number of hydrogen-bond acceptors (Lipinski definition) is 7. The molecule has 1 saturated heterocycles. The first-order valence-corrected chi connectivity index (χ1v) is 13.2. The second-order valence-corrected chi connectivity index (χ2v) is 9.88. The second-order valence-electron chi connectivity index (χ2n) is 9.88. The average Bonchev–Trinajstić information content (AvgIpc) is 3.39. The van der Waals surface area contributed by atoms with Gasteiger partial charge in [0.2, 0.25) is 0 Å². The van der Waals surface area contributed by atoms with Crippen LogP contribution in [0.25, 0.3) is 5.57 Å². The van der Waals surface area contributed by atoms with Crippen molar-refractivity contribution in [1.82, 2.24) is 20.0 Å². The van der Waals surface area contributed by atoms with Crippen LogP contribution in [0.1, 0.15) is 62.0 Å². The monoisotopic (exact) mass is 510 g/mol. The molecule has 3 N–H and O–H groups in total. The van der Waals surface area contributed by atoms with Crippen LogP contribution in [-0.4, -0.2) is 73.8 Å². The SMILES string of the molecule is CC/C(Nc1cnn(C2CCN(CCOC)CC2)c1)=C(/C=O)c1cc(C(=O)NCC(C)C)ccc1NC. The fourth-order valence-electron chi connectivity index (χ4n) is 4.57. The van der Waals surface area contributed by atoms with E-state index in [2.05, 4.69) is 39.8 Å². The second kappa shape index (κ2) is 13.9. The molecule has 1 fully saturated rings. The van der Waals surface area contributed by atoms with Gasteiger partial charge in [0.15, 0.2) is 6.29 Å². The Kier molecular flexibility index (Phi) is 10.7. The third-order valence-electron chi connectivity index (χ3n) is 6.75. The van der Waals surface area contributed by atoms with E-state index in [9.17, 15) is 9.59 Å². The highest BCUT2D eigenvalue weighted by Gasteiger charge is 2.21. The summed E-state index contributed by atoms with van der Waals surface area (Å²) in [6, 6.07) is 5.75. The summed E-state index contributed by atoms with van der Waals surface area (Å²) in [6.07, 6.45) is 7.38. The highest BCUT2D eigenvalue weighted by Crippen LogP contribution is 2.29. The van der Waals surface area contributed by atoms with Crippen LogP contribution in [0.5, 0.6) is 0 Å². The lowest BCUT2D eigenvalue weighted by Crippen LogP contribution is -2.36. The minimum absolute atomic E-state index is 0.150. The topological polar surface area (TPSA) is 101 Å². The van der Waals surface area contributed by atoms with Crippen LogP contribution < -0.4 is 16.0 Å². The Morgan fingerprint density at radius 3 is 2.65 bits per heavy atom. The normalized spacial score (nSPS) is 15.4. The maximum absolute atomic E-state index is 12.7. The average molecular weight is 511 g/mol. The number of rotatable bonds is 13. The minimum atomic E-state index is -0.150. The molecule has 9 nitrogen and oxygen atoms in total. The van der Waals surface area contributed by atoms with E-state index in [0.29, 0.717) is 41.6 Å². The van der Waals surface area contributed by atoms with Gasteiger partial charge < -0.3 is 25.6 Å². The summed E-state index contributed by atoms with van der Waals surface area (Å²) in [6.45, 7) is 10.5. The van der Waals surface area contributed by atoms with E-state index >= 15 is 0 Å². The maximum Gasteiger partial charge on any atom is 0.251 e. The molecule has 1 aliphatic heterocycles. The summed E-state index contributed by atoms with van der Waals surface area (Å²) < 4.78 is 7.23. The van der Waals surface area contributed by atoms with Gasteiger partial charge in [-0.25, -0.2) is 0 Å². The summed E-state index contributed by atoms with van der Waals surface area (Å²) in [5.41, 5.74) is 4.13. The molecule has 3 rings (SSSR count). The number of nitrogens with zero attached hydrogens (tertiary/aromatic N) is 3. The highest BCUT2D eigenvalue weighted by atomic mass is 16.5. The van der Waals surface area contributed by atoms with Gasteiger partial charge in [0.1, 0.15) is 0 Å². The molecule has 37 heavy (non-hydrogen) atoms. The van der Waals surface area contributed by atoms with E-state index in [0.717, 1.165) is 62.4 Å². The number of methoxy groups -OCH3 is 1. The van der Waals surface area contributed by atoms with Crippen molar-refractivity contribution >= 4 is 29.1 Å². The van der Waals surface area contributed by atoms with E-state index < -0.39 is 0 Å². The summed E-state index contributed by atoms with van der Waals surface area (Å²) >= 11 is 0. The third-order valence-corrected chi connectivity index (χ3v) is 6.75. The Morgan fingerprint density at radius 1 is 1.27 bits per heavy atom. The predicted molar refractivity (Wildman–Crippen MR) is 149 cm³/mol. The lowest BCUT2D eigenvalue weighted by atomic mass is 9.98. The Morgan fingerprint density at radius 2 is 2.03 bits per heavy atom. The number of carbonyl (C=O) groups excluding carboxylic acids is 2. The van der Waals surface area contributed by atoms with Crippen molar-refractivity contribution in [2.24, 2.45) is 5.92 Å². The van der Waals surface area contributed by atoms with Gasteiger partial charge in [-0.1, -0.05) is 20.8 Å². The number of benzene rings is 1. The first kappa shape index (κ1) is 28.4. The Balaban J connectivity index is 1.79. The van der Waals surface area contributed by atoms with Gasteiger partial charge in [0.25, 0.3) is 5.91 Å². The Hall–Kier alpha value is -3.17. The van der Waals surface area contributed by atoms with E-state index in [1.807, 2.05) is 37.1 Å². The molecular weight excluding hydrogens is 468 g/mol. The summed E-state index contributed by atoms with van der Waals surface area (Å²) in [5, 5.41) is 14.1. The van der Waals surface area contributed by atoms with Crippen molar-refractivity contribution in [3.05, 3.63) is 47.4 Å². The molecule has 0 atom stereocenters. The number of anilines is 2. The molecule has 9 heteroatoms. The molecule has 0 spiro atoms. The van der Waals surface area contributed by atoms with Crippen molar-refractivity contribution in [3.8, 4) is 0 Å². The number of likely N-dealkylation sites (tertiary alicyclic amines) is 1. The number of allylic oxidation sites excluding steroid dienone is 2. The molecule has 0 bridgehead atoms. The van der Waals surface area contributed by atoms with Crippen molar-refractivity contribution in [2.75, 3.05) is 57.6 Å². The van der Waals surface area contributed by atoms with Crippen LogP contribution in [0, 0.1) is 5.92 Å². The summed E-state index contributed by atoms with van der Waals surface area (Å²) in [5.74, 6) is 0.203. The van der Waals surface area contributed by atoms with Gasteiger partial charge in [-0.05, 0) is 43.4 Å². The van der Waals surface area contributed by atoms with E-state index in [1.165, 1.54) is 0 Å². The molecule has 2 heterocycles. The number of amides is 1. The third kappa shape index (κ3) is 7.66. The van der Waals surface area contributed by atoms with Gasteiger partial charge in [-0.3, -0.25) is 14.3 Å². The maximum atomic E-state index is 12.7. The van der Waals surface area contributed by atoms with Crippen LogP contribution in [0.15, 0.2) is 36.3 Å². The summed E-state index contributed by atoms with van der Waals surface area (Å²) in [4.78, 5) is 27.5. The first-order valence-electron chi connectivity index (χ1n) is 13.2. The Labute approximate surface area is 220 Å². The van der Waals surface area contributed by atoms with Crippen molar-refractivity contribution in [3.63, 3.8) is 0 Å². The molecule has 0 aliphatic carbocycles. The van der Waals surface area contributed by atoms with Crippen molar-refractivity contribution in [2.45, 2.75) is 46.1 Å². The number of nitrogens with one attached hydrogen (secondary N) is 3. The van der Waals surface area contributed by atoms with Gasteiger partial charge in [0, 0.05) is 74.6 Å². The molecule has 1 aromatic heterocycles. The Bertz CT molecular complexity index is 1070. The number of aromatic nitrogens is 2. The van der Waals surface area contributed by atoms with Crippen LogP contribution in [0.4, 0.5) is 11.4 Å².